The van der Waals surface area contributed by atoms with Gasteiger partial charge in [0.15, 0.2) is 0 Å². The molecule has 0 saturated heterocycles. The van der Waals surface area contributed by atoms with Gasteiger partial charge in [0.05, 0.1) is 22.8 Å². The zero-order valence-electron chi connectivity index (χ0n) is 19.6. The molecule has 1 aliphatic rings. The summed E-state index contributed by atoms with van der Waals surface area (Å²) in [7, 11) is 0. The molecule has 0 amide bonds. The molecular weight excluding hydrogens is 465 g/mol. The number of nitrogens with zero attached hydrogens (tertiary/aromatic N) is 3. The lowest BCUT2D eigenvalue weighted by Gasteiger charge is -2.18. The van der Waals surface area contributed by atoms with Crippen LogP contribution >= 0.6 is 0 Å². The van der Waals surface area contributed by atoms with Crippen molar-refractivity contribution in [1.82, 2.24) is 20.3 Å². The van der Waals surface area contributed by atoms with Gasteiger partial charge in [0.1, 0.15) is 11.5 Å². The van der Waals surface area contributed by atoms with E-state index in [1.165, 1.54) is 12.1 Å². The summed E-state index contributed by atoms with van der Waals surface area (Å²) in [5, 5.41) is 3.33. The van der Waals surface area contributed by atoms with Gasteiger partial charge in [0.25, 0.3) is 0 Å². The third-order valence-corrected chi connectivity index (χ3v) is 5.45. The Morgan fingerprint density at radius 2 is 1.75 bits per heavy atom. The average Bonchev–Trinajstić information content (AvgIpc) is 3.69. The molecule has 9 heteroatoms. The quantitative estimate of drug-likeness (QED) is 0.352. The molecule has 2 aromatic heterocycles. The maximum Gasteiger partial charge on any atom is 0.451 e. The van der Waals surface area contributed by atoms with Crippen LogP contribution in [0, 0.1) is 0 Å². The lowest BCUT2D eigenvalue weighted by molar-refractivity contribution is -0.144. The normalized spacial score (nSPS) is 13.9. The van der Waals surface area contributed by atoms with E-state index in [0.29, 0.717) is 28.3 Å². The topological polar surface area (TPSA) is 103 Å². The number of alkyl halides is 3. The first-order valence-electron chi connectivity index (χ1n) is 11.2. The first-order chi connectivity index (χ1) is 17.2. The molecule has 0 aliphatic heterocycles. The first kappa shape index (κ1) is 24.7. The number of hydrogen-bond donors (Lipinski definition) is 3. The van der Waals surface area contributed by atoms with Crippen LogP contribution in [0.2, 0.25) is 0 Å². The number of nitrogens with one attached hydrogen (secondary N) is 1. The molecule has 5 N–H and O–H groups in total. The van der Waals surface area contributed by atoms with Gasteiger partial charge in [-0.05, 0) is 43.5 Å². The molecule has 36 heavy (non-hydrogen) atoms. The Morgan fingerprint density at radius 1 is 1.03 bits per heavy atom. The van der Waals surface area contributed by atoms with Gasteiger partial charge in [-0.25, -0.2) is 15.0 Å². The standard InChI is InChI=1S/C27H25F3N6/c1-3-8-18(22-15-23(32)36-26(35-22)27(28,29)30)20(4-2)33-24(17-11-12-17)25-19(31)13-14-21(34-25)16-9-6-5-7-10-16/h3-10,13-15,33H,2,11-12,31H2,1H3,(H2,32,35,36)/b8-3-,20-18-. The van der Waals surface area contributed by atoms with E-state index in [-0.39, 0.29) is 11.5 Å². The zero-order chi connectivity index (χ0) is 25.9. The number of pyridine rings is 1. The van der Waals surface area contributed by atoms with Gasteiger partial charge >= 0.3 is 6.18 Å². The molecule has 2 heterocycles. The predicted octanol–water partition coefficient (Wildman–Crippen LogP) is 5.99. The number of allylic oxidation sites excluding steroid dienone is 5. The summed E-state index contributed by atoms with van der Waals surface area (Å²) in [5.74, 6) is -1.61. The molecule has 0 bridgehead atoms. The third-order valence-electron chi connectivity index (χ3n) is 5.45. The Bertz CT molecular complexity index is 1380. The van der Waals surface area contributed by atoms with Crippen molar-refractivity contribution in [2.45, 2.75) is 25.9 Å². The van der Waals surface area contributed by atoms with Gasteiger partial charge in [-0.3, -0.25) is 0 Å². The molecule has 4 rings (SSSR count). The SMILES string of the molecule is C=C/C(NC(=C1CC1)c1nc(-c2ccccc2)ccc1N)=C(\C=C/C)c1cc(N)nc(C(F)(F)F)n1. The Kier molecular flexibility index (Phi) is 6.91. The van der Waals surface area contributed by atoms with Crippen molar-refractivity contribution < 1.29 is 13.2 Å². The molecule has 0 unspecified atom stereocenters. The summed E-state index contributed by atoms with van der Waals surface area (Å²) in [6.45, 7) is 5.62. The van der Waals surface area contributed by atoms with Crippen molar-refractivity contribution >= 4 is 22.8 Å². The monoisotopic (exact) mass is 490 g/mol. The number of nitrogen functional groups attached to an aromatic ring is 2. The van der Waals surface area contributed by atoms with Gasteiger partial charge in [-0.15, -0.1) is 0 Å². The lowest BCUT2D eigenvalue weighted by atomic mass is 10.1. The number of anilines is 2. The molecule has 1 fully saturated rings. The third kappa shape index (κ3) is 5.46. The summed E-state index contributed by atoms with van der Waals surface area (Å²) in [5.41, 5.74) is 17.3. The van der Waals surface area contributed by atoms with E-state index < -0.39 is 12.0 Å². The van der Waals surface area contributed by atoms with Crippen LogP contribution in [0.15, 0.2) is 84.6 Å². The van der Waals surface area contributed by atoms with Crippen LogP contribution in [0.25, 0.3) is 22.5 Å². The largest absolute Gasteiger partial charge is 0.451 e. The van der Waals surface area contributed by atoms with Crippen molar-refractivity contribution in [3.05, 3.63) is 102 Å². The van der Waals surface area contributed by atoms with Gasteiger partial charge in [0, 0.05) is 22.9 Å². The highest BCUT2D eigenvalue weighted by molar-refractivity contribution is 5.83. The van der Waals surface area contributed by atoms with Crippen molar-refractivity contribution in [1.29, 1.82) is 0 Å². The highest BCUT2D eigenvalue weighted by Crippen LogP contribution is 2.38. The number of rotatable bonds is 7. The van der Waals surface area contributed by atoms with Crippen LogP contribution in [0.1, 0.15) is 37.0 Å². The molecule has 1 aromatic carbocycles. The molecule has 0 spiro atoms. The molecule has 1 saturated carbocycles. The fourth-order valence-corrected chi connectivity index (χ4v) is 3.64. The summed E-state index contributed by atoms with van der Waals surface area (Å²) in [6, 6.07) is 14.6. The van der Waals surface area contributed by atoms with Crippen LogP contribution in [0.4, 0.5) is 24.7 Å². The predicted molar refractivity (Wildman–Crippen MR) is 137 cm³/mol. The second-order valence-corrected chi connectivity index (χ2v) is 8.13. The highest BCUT2D eigenvalue weighted by atomic mass is 19.4. The molecule has 6 nitrogen and oxygen atoms in total. The molecule has 0 radical (unpaired) electrons. The number of nitrogens with two attached hydrogens (primary N) is 2. The van der Waals surface area contributed by atoms with E-state index in [1.54, 1.807) is 25.1 Å². The summed E-state index contributed by atoms with van der Waals surface area (Å²) < 4.78 is 40.1. The first-order valence-corrected chi connectivity index (χ1v) is 11.2. The highest BCUT2D eigenvalue weighted by Gasteiger charge is 2.35. The molecule has 3 aromatic rings. The second-order valence-electron chi connectivity index (χ2n) is 8.13. The van der Waals surface area contributed by atoms with Crippen molar-refractivity contribution in [3.8, 4) is 11.3 Å². The minimum absolute atomic E-state index is 0.00874. The molecule has 184 valence electrons. The second kappa shape index (κ2) is 10.1. The van der Waals surface area contributed by atoms with Crippen molar-refractivity contribution in [2.75, 3.05) is 11.5 Å². The molecule has 1 aliphatic carbocycles. The van der Waals surface area contributed by atoms with E-state index in [4.69, 9.17) is 16.5 Å². The van der Waals surface area contributed by atoms with E-state index in [0.717, 1.165) is 29.7 Å². The van der Waals surface area contributed by atoms with Crippen LogP contribution in [0.5, 0.6) is 0 Å². The van der Waals surface area contributed by atoms with Gasteiger partial charge in [-0.1, -0.05) is 49.1 Å². The fraction of sp³-hybridized carbons (Fsp3) is 0.148. The Hall–Kier alpha value is -4.40. The summed E-state index contributed by atoms with van der Waals surface area (Å²) in [4.78, 5) is 11.9. The number of benzene rings is 1. The van der Waals surface area contributed by atoms with Gasteiger partial charge in [0.2, 0.25) is 5.82 Å². The van der Waals surface area contributed by atoms with E-state index >= 15 is 0 Å². The smallest absolute Gasteiger partial charge is 0.397 e. The summed E-state index contributed by atoms with van der Waals surface area (Å²) >= 11 is 0. The van der Waals surface area contributed by atoms with Gasteiger partial charge in [-0.2, -0.15) is 13.2 Å². The minimum Gasteiger partial charge on any atom is -0.397 e. The zero-order valence-corrected chi connectivity index (χ0v) is 19.6. The minimum atomic E-state index is -4.75. The van der Waals surface area contributed by atoms with Crippen LogP contribution < -0.4 is 16.8 Å². The number of aromatic nitrogens is 3. The Balaban J connectivity index is 1.83. The lowest BCUT2D eigenvalue weighted by Crippen LogP contribution is -2.17. The van der Waals surface area contributed by atoms with Crippen LogP contribution in [0.3, 0.4) is 0 Å². The fourth-order valence-electron chi connectivity index (χ4n) is 3.64. The van der Waals surface area contributed by atoms with Gasteiger partial charge < -0.3 is 16.8 Å². The maximum absolute atomic E-state index is 13.4. The molecular formula is C27H25F3N6. The number of hydrogen-bond acceptors (Lipinski definition) is 6. The Labute approximate surface area is 207 Å². The van der Waals surface area contributed by atoms with E-state index in [2.05, 4.69) is 21.9 Å². The Morgan fingerprint density at radius 3 is 2.36 bits per heavy atom. The van der Waals surface area contributed by atoms with Crippen LogP contribution in [-0.2, 0) is 6.18 Å². The van der Waals surface area contributed by atoms with E-state index in [1.807, 2.05) is 36.4 Å². The summed E-state index contributed by atoms with van der Waals surface area (Å²) in [6.07, 6.45) is 1.80. The maximum atomic E-state index is 13.4. The average molecular weight is 491 g/mol. The van der Waals surface area contributed by atoms with Crippen LogP contribution in [-0.4, -0.2) is 15.0 Å². The molecule has 0 atom stereocenters. The van der Waals surface area contributed by atoms with E-state index in [9.17, 15) is 13.2 Å². The van der Waals surface area contributed by atoms with Crippen molar-refractivity contribution in [3.63, 3.8) is 0 Å². The number of halogens is 3. The van der Waals surface area contributed by atoms with Crippen molar-refractivity contribution in [2.24, 2.45) is 0 Å².